The number of piperazine rings is 1. The fourth-order valence-electron chi connectivity index (χ4n) is 2.61. The number of rotatable bonds is 5. The molecule has 1 aromatic rings. The minimum Gasteiger partial charge on any atom is -0.389 e. The van der Waals surface area contributed by atoms with Gasteiger partial charge in [-0.1, -0.05) is 23.2 Å². The van der Waals surface area contributed by atoms with Crippen molar-refractivity contribution >= 4 is 28.9 Å². The maximum absolute atomic E-state index is 10.1. The van der Waals surface area contributed by atoms with Crippen LogP contribution < -0.4 is 4.90 Å². The molecule has 1 N–H and O–H groups in total. The second-order valence-corrected chi connectivity index (χ2v) is 7.87. The zero-order valence-corrected chi connectivity index (χ0v) is 15.6. The molecule has 0 amide bonds. The average Bonchev–Trinajstić information content (AvgIpc) is 2.44. The summed E-state index contributed by atoms with van der Waals surface area (Å²) < 4.78 is 5.63. The van der Waals surface area contributed by atoms with E-state index in [2.05, 4.69) is 9.80 Å². The zero-order valence-electron chi connectivity index (χ0n) is 14.1. The van der Waals surface area contributed by atoms with Crippen molar-refractivity contribution in [2.75, 3.05) is 44.2 Å². The fraction of sp³-hybridized carbons (Fsp3) is 0.647. The lowest BCUT2D eigenvalue weighted by molar-refractivity contribution is -0.0563. The number of β-amino-alcohol motifs (C(OH)–C–C–N with tert-alkyl or cyclic N) is 1. The van der Waals surface area contributed by atoms with Crippen molar-refractivity contribution in [1.82, 2.24) is 4.90 Å². The smallest absolute Gasteiger partial charge is 0.0900 e. The zero-order chi connectivity index (χ0) is 17.0. The summed E-state index contributed by atoms with van der Waals surface area (Å²) in [5.74, 6) is 0. The molecule has 2 rings (SSSR count). The second-order valence-electron chi connectivity index (χ2n) is 6.99. The first-order chi connectivity index (χ1) is 10.7. The van der Waals surface area contributed by atoms with Gasteiger partial charge in [0.2, 0.25) is 0 Å². The van der Waals surface area contributed by atoms with E-state index in [-0.39, 0.29) is 5.60 Å². The van der Waals surface area contributed by atoms with Crippen molar-refractivity contribution < 1.29 is 9.84 Å². The summed E-state index contributed by atoms with van der Waals surface area (Å²) in [6.45, 7) is 10.6. The number of hydrogen-bond acceptors (Lipinski definition) is 4. The van der Waals surface area contributed by atoms with Gasteiger partial charge in [-0.25, -0.2) is 0 Å². The van der Waals surface area contributed by atoms with Gasteiger partial charge in [0.1, 0.15) is 0 Å². The van der Waals surface area contributed by atoms with Crippen molar-refractivity contribution in [3.05, 3.63) is 28.2 Å². The molecule has 130 valence electrons. The molecule has 1 saturated heterocycles. The molecule has 1 fully saturated rings. The molecule has 1 heterocycles. The topological polar surface area (TPSA) is 35.9 Å². The summed E-state index contributed by atoms with van der Waals surface area (Å²) in [5, 5.41) is 11.4. The summed E-state index contributed by atoms with van der Waals surface area (Å²) >= 11 is 12.1. The third-order valence-electron chi connectivity index (χ3n) is 3.76. The predicted molar refractivity (Wildman–Crippen MR) is 96.8 cm³/mol. The molecule has 1 aliphatic rings. The van der Waals surface area contributed by atoms with E-state index in [1.807, 2.05) is 32.9 Å². The SMILES string of the molecule is CC(C)(C)OCC(O)CN1CCN(c2cc(Cl)cc(Cl)c2)CC1. The molecule has 1 aliphatic heterocycles. The molecule has 1 aromatic carbocycles. The van der Waals surface area contributed by atoms with Crippen molar-refractivity contribution in [2.24, 2.45) is 0 Å². The van der Waals surface area contributed by atoms with Gasteiger partial charge in [-0.15, -0.1) is 0 Å². The average molecular weight is 361 g/mol. The number of hydrogen-bond donors (Lipinski definition) is 1. The maximum atomic E-state index is 10.1. The van der Waals surface area contributed by atoms with Crippen LogP contribution in [0.5, 0.6) is 0 Å². The van der Waals surface area contributed by atoms with Crippen LogP contribution in [0.4, 0.5) is 5.69 Å². The molecule has 0 aromatic heterocycles. The van der Waals surface area contributed by atoms with Crippen molar-refractivity contribution in [2.45, 2.75) is 32.5 Å². The summed E-state index contributed by atoms with van der Waals surface area (Å²) in [6.07, 6.45) is -0.457. The molecule has 23 heavy (non-hydrogen) atoms. The Morgan fingerprint density at radius 1 is 1.09 bits per heavy atom. The lowest BCUT2D eigenvalue weighted by atomic mass is 10.2. The van der Waals surface area contributed by atoms with E-state index in [4.69, 9.17) is 27.9 Å². The van der Waals surface area contributed by atoms with Gasteiger partial charge in [-0.2, -0.15) is 0 Å². The molecule has 0 aliphatic carbocycles. The van der Waals surface area contributed by atoms with Crippen LogP contribution in [0.2, 0.25) is 10.0 Å². The number of aliphatic hydroxyl groups is 1. The van der Waals surface area contributed by atoms with Crippen molar-refractivity contribution in [1.29, 1.82) is 0 Å². The molecule has 1 atom stereocenters. The van der Waals surface area contributed by atoms with Gasteiger partial charge >= 0.3 is 0 Å². The summed E-state index contributed by atoms with van der Waals surface area (Å²) in [6, 6.07) is 5.62. The number of benzene rings is 1. The molecular formula is C17H26Cl2N2O2. The summed E-state index contributed by atoms with van der Waals surface area (Å²) in [7, 11) is 0. The van der Waals surface area contributed by atoms with E-state index in [1.165, 1.54) is 0 Å². The third-order valence-corrected chi connectivity index (χ3v) is 4.20. The Morgan fingerprint density at radius 2 is 1.65 bits per heavy atom. The molecule has 1 unspecified atom stereocenters. The van der Waals surface area contributed by atoms with Gasteiger partial charge < -0.3 is 14.7 Å². The Bertz CT molecular complexity index is 492. The molecule has 0 saturated carbocycles. The highest BCUT2D eigenvalue weighted by molar-refractivity contribution is 6.35. The largest absolute Gasteiger partial charge is 0.389 e. The van der Waals surface area contributed by atoms with Crippen molar-refractivity contribution in [3.8, 4) is 0 Å². The Hall–Kier alpha value is -0.520. The van der Waals surface area contributed by atoms with E-state index in [0.717, 1.165) is 31.9 Å². The van der Waals surface area contributed by atoms with Gasteiger partial charge in [0.25, 0.3) is 0 Å². The predicted octanol–water partition coefficient (Wildman–Crippen LogP) is 3.29. The summed E-state index contributed by atoms with van der Waals surface area (Å²) in [5.41, 5.74) is 0.838. The molecule has 0 bridgehead atoms. The first-order valence-corrected chi connectivity index (χ1v) is 8.74. The van der Waals surface area contributed by atoms with Gasteiger partial charge in [0, 0.05) is 48.5 Å². The lowest BCUT2D eigenvalue weighted by Gasteiger charge is -2.37. The Balaban J connectivity index is 1.79. The van der Waals surface area contributed by atoms with E-state index in [1.54, 1.807) is 6.07 Å². The van der Waals surface area contributed by atoms with Crippen LogP contribution in [0.3, 0.4) is 0 Å². The monoisotopic (exact) mass is 360 g/mol. The quantitative estimate of drug-likeness (QED) is 0.873. The van der Waals surface area contributed by atoms with E-state index < -0.39 is 6.10 Å². The normalized spacial score (nSPS) is 18.3. The minimum atomic E-state index is -0.457. The molecule has 6 heteroatoms. The highest BCUT2D eigenvalue weighted by Crippen LogP contribution is 2.26. The molecule has 0 spiro atoms. The van der Waals surface area contributed by atoms with Crippen LogP contribution in [-0.2, 0) is 4.74 Å². The second kappa shape index (κ2) is 8.04. The molecule has 0 radical (unpaired) electrons. The minimum absolute atomic E-state index is 0.217. The standard InChI is InChI=1S/C17H26Cl2N2O2/c1-17(2,3)23-12-16(22)11-20-4-6-21(7-5-20)15-9-13(18)8-14(19)10-15/h8-10,16,22H,4-7,11-12H2,1-3H3. The van der Waals surface area contributed by atoms with Crippen LogP contribution in [0.1, 0.15) is 20.8 Å². The van der Waals surface area contributed by atoms with Crippen LogP contribution in [0.15, 0.2) is 18.2 Å². The van der Waals surface area contributed by atoms with Gasteiger partial charge in [-0.05, 0) is 39.0 Å². The number of halogens is 2. The van der Waals surface area contributed by atoms with Gasteiger partial charge in [0.15, 0.2) is 0 Å². The first kappa shape index (κ1) is 18.8. The summed E-state index contributed by atoms with van der Waals surface area (Å²) in [4.78, 5) is 4.53. The highest BCUT2D eigenvalue weighted by Gasteiger charge is 2.21. The number of anilines is 1. The Morgan fingerprint density at radius 3 is 2.17 bits per heavy atom. The van der Waals surface area contributed by atoms with E-state index in [9.17, 15) is 5.11 Å². The number of aliphatic hydroxyl groups excluding tert-OH is 1. The van der Waals surface area contributed by atoms with E-state index in [0.29, 0.717) is 23.2 Å². The Labute approximate surface area is 148 Å². The lowest BCUT2D eigenvalue weighted by Crippen LogP contribution is -2.49. The Kier molecular flexibility index (Phi) is 6.57. The van der Waals surface area contributed by atoms with Crippen LogP contribution >= 0.6 is 23.2 Å². The maximum Gasteiger partial charge on any atom is 0.0900 e. The highest BCUT2D eigenvalue weighted by atomic mass is 35.5. The molecular weight excluding hydrogens is 335 g/mol. The first-order valence-electron chi connectivity index (χ1n) is 7.98. The van der Waals surface area contributed by atoms with Gasteiger partial charge in [-0.3, -0.25) is 4.90 Å². The fourth-order valence-corrected chi connectivity index (χ4v) is 3.12. The number of nitrogens with zero attached hydrogens (tertiary/aromatic N) is 2. The van der Waals surface area contributed by atoms with E-state index >= 15 is 0 Å². The van der Waals surface area contributed by atoms with Crippen LogP contribution in [0.25, 0.3) is 0 Å². The van der Waals surface area contributed by atoms with Gasteiger partial charge in [0.05, 0.1) is 18.3 Å². The van der Waals surface area contributed by atoms with Crippen LogP contribution in [-0.4, -0.2) is 61.0 Å². The van der Waals surface area contributed by atoms with Crippen molar-refractivity contribution in [3.63, 3.8) is 0 Å². The third kappa shape index (κ3) is 6.48. The van der Waals surface area contributed by atoms with Crippen LogP contribution in [0, 0.1) is 0 Å². The number of ether oxygens (including phenoxy) is 1. The molecule has 4 nitrogen and oxygen atoms in total.